The summed E-state index contributed by atoms with van der Waals surface area (Å²) in [5.41, 5.74) is 2.77. The Balaban J connectivity index is 1.71. The first-order valence-corrected chi connectivity index (χ1v) is 13.7. The highest BCUT2D eigenvalue weighted by Crippen LogP contribution is 2.38. The molecule has 0 saturated carbocycles. The summed E-state index contributed by atoms with van der Waals surface area (Å²) < 4.78 is 34.2. The van der Waals surface area contributed by atoms with Crippen LogP contribution in [0.25, 0.3) is 5.57 Å². The fraction of sp³-hybridized carbons (Fsp3) is 0.500. The van der Waals surface area contributed by atoms with Crippen molar-refractivity contribution in [3.05, 3.63) is 46.3 Å². The minimum Gasteiger partial charge on any atom is -0.480 e. The Hall–Kier alpha value is -4.00. The zero-order valence-corrected chi connectivity index (χ0v) is 23.1. The summed E-state index contributed by atoms with van der Waals surface area (Å²) in [6.07, 6.45) is 2.80. The number of anilines is 1. The van der Waals surface area contributed by atoms with E-state index in [0.717, 1.165) is 30.3 Å². The number of fused-ring (bicyclic) bond motifs is 1. The number of amidine groups is 1. The molecule has 4 rings (SSSR count). The Morgan fingerprint density at radius 2 is 1.98 bits per heavy atom. The van der Waals surface area contributed by atoms with Crippen LogP contribution in [0.5, 0.6) is 0 Å². The normalized spacial score (nSPS) is 18.2. The molecule has 0 bridgehead atoms. The maximum Gasteiger partial charge on any atom is 0.322 e. The number of urea groups is 1. The van der Waals surface area contributed by atoms with Crippen molar-refractivity contribution in [2.75, 3.05) is 51.3 Å². The topological polar surface area (TPSA) is 154 Å². The summed E-state index contributed by atoms with van der Waals surface area (Å²) in [4.78, 5) is 26.8. The number of amides is 2. The van der Waals surface area contributed by atoms with E-state index in [9.17, 15) is 23.8 Å². The number of benzene rings is 1. The molecule has 3 aliphatic heterocycles. The predicted octanol–water partition coefficient (Wildman–Crippen LogP) is 3.09. The number of aliphatic carboxylic acids is 1. The first-order chi connectivity index (χ1) is 19.7. The second kappa shape index (κ2) is 13.6. The van der Waals surface area contributed by atoms with Gasteiger partial charge >= 0.3 is 12.0 Å². The van der Waals surface area contributed by atoms with Gasteiger partial charge < -0.3 is 41.0 Å². The number of allylic oxidation sites excluding steroid dienone is 1. The van der Waals surface area contributed by atoms with Gasteiger partial charge in [0, 0.05) is 86.3 Å². The molecular weight excluding hydrogens is 536 g/mol. The minimum atomic E-state index is -2.86. The number of nitrogens with one attached hydrogen (secondary N) is 5. The van der Waals surface area contributed by atoms with Crippen molar-refractivity contribution in [3.8, 4) is 0 Å². The van der Waals surface area contributed by atoms with Gasteiger partial charge in [-0.25, -0.2) is 13.6 Å². The molecule has 0 unspecified atom stereocenters. The third kappa shape index (κ3) is 7.02. The lowest BCUT2D eigenvalue weighted by atomic mass is 9.91. The second-order valence-electron chi connectivity index (χ2n) is 10.2. The zero-order chi connectivity index (χ0) is 29.5. The van der Waals surface area contributed by atoms with E-state index in [0.29, 0.717) is 56.8 Å². The number of halogens is 2. The molecular formula is C28H37F2N7O4. The largest absolute Gasteiger partial charge is 0.480 e. The molecule has 13 heteroatoms. The second-order valence-corrected chi connectivity index (χ2v) is 10.2. The monoisotopic (exact) mass is 573 g/mol. The number of carbonyl (C=O) groups excluding carboxylic acids is 1. The van der Waals surface area contributed by atoms with Gasteiger partial charge in [0.15, 0.2) is 0 Å². The summed E-state index contributed by atoms with van der Waals surface area (Å²) in [5, 5.41) is 34.7. The Labute approximate surface area is 237 Å². The molecule has 1 aromatic rings. The molecule has 1 saturated heterocycles. The molecule has 6 N–H and O–H groups in total. The predicted molar refractivity (Wildman–Crippen MR) is 152 cm³/mol. The fourth-order valence-corrected chi connectivity index (χ4v) is 5.48. The van der Waals surface area contributed by atoms with E-state index in [4.69, 9.17) is 15.3 Å². The van der Waals surface area contributed by atoms with Crippen molar-refractivity contribution in [1.82, 2.24) is 20.9 Å². The SMILES string of the molecule is CNC(=O)N1CCC(NC2CCOCC2)=C(C(=N)N2CCCc3cc(/C(C=N)=C/NCC(=O)O)c(C(F)F)cc32)C1. The number of ether oxygens (including phenoxy) is 1. The molecule has 3 heterocycles. The third-order valence-electron chi connectivity index (χ3n) is 7.58. The molecule has 0 aliphatic carbocycles. The molecule has 0 radical (unpaired) electrons. The van der Waals surface area contributed by atoms with Gasteiger partial charge in [0.2, 0.25) is 0 Å². The molecule has 1 aromatic carbocycles. The van der Waals surface area contributed by atoms with Gasteiger partial charge in [0.1, 0.15) is 12.4 Å². The van der Waals surface area contributed by atoms with Gasteiger partial charge in [-0.2, -0.15) is 0 Å². The first-order valence-electron chi connectivity index (χ1n) is 13.7. The van der Waals surface area contributed by atoms with Crippen LogP contribution in [0.1, 0.15) is 48.8 Å². The van der Waals surface area contributed by atoms with Gasteiger partial charge in [-0.15, -0.1) is 0 Å². The van der Waals surface area contributed by atoms with E-state index in [1.165, 1.54) is 12.3 Å². The summed E-state index contributed by atoms with van der Waals surface area (Å²) >= 11 is 0. The lowest BCUT2D eigenvalue weighted by molar-refractivity contribution is -0.135. The van der Waals surface area contributed by atoms with Crippen LogP contribution in [0.4, 0.5) is 19.3 Å². The van der Waals surface area contributed by atoms with Gasteiger partial charge in [0.25, 0.3) is 6.43 Å². The van der Waals surface area contributed by atoms with Crippen LogP contribution in [0.2, 0.25) is 0 Å². The first kappa shape index (κ1) is 30.0. The van der Waals surface area contributed by atoms with E-state index in [-0.39, 0.29) is 41.2 Å². The number of aryl methyl sites for hydroxylation is 1. The van der Waals surface area contributed by atoms with Gasteiger partial charge in [-0.1, -0.05) is 0 Å². The third-order valence-corrected chi connectivity index (χ3v) is 7.58. The highest BCUT2D eigenvalue weighted by Gasteiger charge is 2.32. The summed E-state index contributed by atoms with van der Waals surface area (Å²) in [6, 6.07) is 2.94. The molecule has 11 nitrogen and oxygen atoms in total. The van der Waals surface area contributed by atoms with E-state index < -0.39 is 18.9 Å². The molecule has 0 spiro atoms. The Morgan fingerprint density at radius 1 is 1.22 bits per heavy atom. The van der Waals surface area contributed by atoms with Crippen molar-refractivity contribution in [2.24, 2.45) is 0 Å². The van der Waals surface area contributed by atoms with Crippen LogP contribution in [-0.2, 0) is 16.0 Å². The number of rotatable bonds is 9. The Kier molecular flexibility index (Phi) is 9.92. The highest BCUT2D eigenvalue weighted by molar-refractivity contribution is 6.11. The highest BCUT2D eigenvalue weighted by atomic mass is 19.3. The number of carboxylic acid groups (broad SMARTS) is 1. The van der Waals surface area contributed by atoms with Crippen LogP contribution in [0.3, 0.4) is 0 Å². The summed E-state index contributed by atoms with van der Waals surface area (Å²) in [7, 11) is 1.56. The van der Waals surface area contributed by atoms with Gasteiger partial charge in [0.05, 0.1) is 6.54 Å². The minimum absolute atomic E-state index is 0.135. The fourth-order valence-electron chi connectivity index (χ4n) is 5.48. The average Bonchev–Trinajstić information content (AvgIpc) is 2.98. The van der Waals surface area contributed by atoms with E-state index in [2.05, 4.69) is 16.0 Å². The standard InChI is InChI=1S/C28H37F2N7O4/c1-33-28(40)36-8-4-23(35-19-5-9-41-10-6-19)22(16-36)27(32)37-7-2-3-17-11-20(21(26(29)30)12-24(17)37)18(13-31)14-34-15-25(38)39/h11-14,19,26,31-32,34-35H,2-10,15-16H2,1H3,(H,33,40)(H,38,39)/b18-14+,31-13?,32-27?. The Morgan fingerprint density at radius 3 is 2.63 bits per heavy atom. The number of nitrogens with zero attached hydrogens (tertiary/aromatic N) is 2. The van der Waals surface area contributed by atoms with Crippen LogP contribution >= 0.6 is 0 Å². The van der Waals surface area contributed by atoms with Gasteiger partial charge in [-0.05, 0) is 48.9 Å². The lowest BCUT2D eigenvalue weighted by Crippen LogP contribution is -2.48. The Bertz CT molecular complexity index is 1240. The average molecular weight is 574 g/mol. The number of carboxylic acids is 1. The van der Waals surface area contributed by atoms with Crippen LogP contribution < -0.4 is 20.9 Å². The van der Waals surface area contributed by atoms with E-state index >= 15 is 0 Å². The van der Waals surface area contributed by atoms with Crippen LogP contribution in [0, 0.1) is 10.8 Å². The molecule has 222 valence electrons. The van der Waals surface area contributed by atoms with Crippen molar-refractivity contribution in [1.29, 1.82) is 10.8 Å². The van der Waals surface area contributed by atoms with Crippen LogP contribution in [-0.4, -0.2) is 86.5 Å². The number of hydrogen-bond acceptors (Lipinski definition) is 7. The smallest absolute Gasteiger partial charge is 0.322 e. The maximum atomic E-state index is 14.4. The quantitative estimate of drug-likeness (QED) is 0.196. The van der Waals surface area contributed by atoms with Crippen molar-refractivity contribution in [3.63, 3.8) is 0 Å². The van der Waals surface area contributed by atoms with Crippen LogP contribution in [0.15, 0.2) is 29.6 Å². The van der Waals surface area contributed by atoms with Crippen molar-refractivity contribution >= 4 is 35.3 Å². The summed E-state index contributed by atoms with van der Waals surface area (Å²) in [5.74, 6) is -0.954. The molecule has 2 amide bonds. The molecule has 41 heavy (non-hydrogen) atoms. The van der Waals surface area contributed by atoms with Crippen molar-refractivity contribution in [2.45, 2.75) is 44.6 Å². The molecule has 3 aliphatic rings. The summed E-state index contributed by atoms with van der Waals surface area (Å²) in [6.45, 7) is 2.05. The molecule has 0 aromatic heterocycles. The van der Waals surface area contributed by atoms with E-state index in [1.54, 1.807) is 22.9 Å². The number of carbonyl (C=O) groups is 2. The van der Waals surface area contributed by atoms with E-state index in [1.807, 2.05) is 0 Å². The number of hydrogen-bond donors (Lipinski definition) is 6. The molecule has 1 fully saturated rings. The maximum absolute atomic E-state index is 14.4. The lowest BCUT2D eigenvalue weighted by Gasteiger charge is -2.38. The van der Waals surface area contributed by atoms with Crippen molar-refractivity contribution < 1.29 is 28.2 Å². The van der Waals surface area contributed by atoms with Gasteiger partial charge in [-0.3, -0.25) is 10.2 Å². The number of alkyl halides is 2. The molecule has 0 atom stereocenters. The zero-order valence-electron chi connectivity index (χ0n) is 23.1.